The molecule has 0 aliphatic rings. The lowest BCUT2D eigenvalue weighted by molar-refractivity contribution is 0.628. The van der Waals surface area contributed by atoms with Crippen LogP contribution in [0, 0.1) is 5.82 Å². The van der Waals surface area contributed by atoms with Gasteiger partial charge in [0.1, 0.15) is 5.82 Å². The zero-order valence-corrected chi connectivity index (χ0v) is 12.8. The Hall–Kier alpha value is -3.20. The third kappa shape index (κ3) is 2.40. The molecule has 2 nitrogen and oxygen atoms in total. The fourth-order valence-corrected chi connectivity index (χ4v) is 2.99. The predicted octanol–water partition coefficient (Wildman–Crippen LogP) is 4.80. The van der Waals surface area contributed by atoms with Gasteiger partial charge in [0.2, 0.25) is 0 Å². The second-order valence-corrected chi connectivity index (χ2v) is 5.59. The van der Waals surface area contributed by atoms with Crippen LogP contribution in [0.1, 0.15) is 0 Å². The van der Waals surface area contributed by atoms with Crippen LogP contribution < -0.4 is 5.56 Å². The molecule has 0 aliphatic heterocycles. The van der Waals surface area contributed by atoms with Crippen molar-refractivity contribution in [3.63, 3.8) is 0 Å². The molecule has 1 aromatic heterocycles. The lowest BCUT2D eigenvalue weighted by atomic mass is 10.0. The number of hydrogen-bond donors (Lipinski definition) is 0. The monoisotopic (exact) mass is 315 g/mol. The van der Waals surface area contributed by atoms with Gasteiger partial charge in [-0.15, -0.1) is 0 Å². The molecule has 0 N–H and O–H groups in total. The maximum Gasteiger partial charge on any atom is 0.256 e. The minimum absolute atomic E-state index is 0.112. The molecule has 3 heteroatoms. The van der Waals surface area contributed by atoms with Crippen molar-refractivity contribution in [1.82, 2.24) is 4.57 Å². The van der Waals surface area contributed by atoms with Gasteiger partial charge in [-0.3, -0.25) is 9.36 Å². The van der Waals surface area contributed by atoms with Crippen molar-refractivity contribution in [2.24, 2.45) is 0 Å². The van der Waals surface area contributed by atoms with Crippen molar-refractivity contribution >= 4 is 10.9 Å². The summed E-state index contributed by atoms with van der Waals surface area (Å²) in [4.78, 5) is 12.8. The van der Waals surface area contributed by atoms with E-state index in [1.54, 1.807) is 22.8 Å². The number of nitrogens with zero attached hydrogens (tertiary/aromatic N) is 1. The highest BCUT2D eigenvalue weighted by Crippen LogP contribution is 2.28. The minimum atomic E-state index is -0.291. The van der Waals surface area contributed by atoms with E-state index in [-0.39, 0.29) is 11.4 Å². The van der Waals surface area contributed by atoms with Crippen LogP contribution in [0.4, 0.5) is 4.39 Å². The van der Waals surface area contributed by atoms with Gasteiger partial charge in [0.15, 0.2) is 0 Å². The van der Waals surface area contributed by atoms with Crippen LogP contribution in [0.2, 0.25) is 0 Å². The summed E-state index contributed by atoms with van der Waals surface area (Å²) in [6.45, 7) is 0. The van der Waals surface area contributed by atoms with Crippen molar-refractivity contribution in [2.45, 2.75) is 0 Å². The molecule has 4 aromatic rings. The van der Waals surface area contributed by atoms with Crippen LogP contribution in [0.15, 0.2) is 89.7 Å². The van der Waals surface area contributed by atoms with Crippen molar-refractivity contribution in [3.05, 3.63) is 101 Å². The number of benzene rings is 3. The van der Waals surface area contributed by atoms with E-state index in [1.807, 2.05) is 54.6 Å². The Labute approximate surface area is 138 Å². The van der Waals surface area contributed by atoms with Gasteiger partial charge in [-0.05, 0) is 41.5 Å². The summed E-state index contributed by atoms with van der Waals surface area (Å²) >= 11 is 0. The Morgan fingerprint density at radius 1 is 0.750 bits per heavy atom. The number of fused-ring (bicyclic) bond motifs is 1. The highest BCUT2D eigenvalue weighted by Gasteiger charge is 2.11. The maximum absolute atomic E-state index is 13.2. The molecular weight excluding hydrogens is 301 g/mol. The van der Waals surface area contributed by atoms with E-state index in [0.717, 1.165) is 27.7 Å². The van der Waals surface area contributed by atoms with E-state index in [4.69, 9.17) is 0 Å². The first kappa shape index (κ1) is 14.4. The molecule has 0 bridgehead atoms. The molecular formula is C21H14FNO. The Kier molecular flexibility index (Phi) is 3.47. The molecule has 4 rings (SSSR count). The van der Waals surface area contributed by atoms with Gasteiger partial charge in [0.05, 0.1) is 5.52 Å². The molecule has 24 heavy (non-hydrogen) atoms. The summed E-state index contributed by atoms with van der Waals surface area (Å²) in [5.41, 5.74) is 3.17. The molecule has 0 unspecified atom stereocenters. The van der Waals surface area contributed by atoms with Crippen molar-refractivity contribution in [1.29, 1.82) is 0 Å². The highest BCUT2D eigenvalue weighted by molar-refractivity contribution is 5.95. The largest absolute Gasteiger partial charge is 0.277 e. The normalized spacial score (nSPS) is 10.9. The van der Waals surface area contributed by atoms with Gasteiger partial charge in [-0.25, -0.2) is 4.39 Å². The quantitative estimate of drug-likeness (QED) is 0.521. The molecule has 0 spiro atoms. The summed E-state index contributed by atoms with van der Waals surface area (Å²) in [6, 6.07) is 25.1. The SMILES string of the molecule is O=c1cc(-c2ccc(F)cc2)c2ccccc2n1-c1ccccc1. The van der Waals surface area contributed by atoms with E-state index in [2.05, 4.69) is 0 Å². The number of pyridine rings is 1. The molecule has 0 radical (unpaired) electrons. The number of aromatic nitrogens is 1. The van der Waals surface area contributed by atoms with E-state index in [9.17, 15) is 9.18 Å². The molecule has 0 fully saturated rings. The van der Waals surface area contributed by atoms with E-state index < -0.39 is 0 Å². The predicted molar refractivity (Wildman–Crippen MR) is 94.9 cm³/mol. The number of rotatable bonds is 2. The fraction of sp³-hybridized carbons (Fsp3) is 0. The third-order valence-electron chi connectivity index (χ3n) is 4.09. The van der Waals surface area contributed by atoms with Crippen LogP contribution >= 0.6 is 0 Å². The second-order valence-electron chi connectivity index (χ2n) is 5.59. The molecule has 0 aliphatic carbocycles. The zero-order chi connectivity index (χ0) is 16.5. The topological polar surface area (TPSA) is 22.0 Å². The first-order valence-corrected chi connectivity index (χ1v) is 7.70. The third-order valence-corrected chi connectivity index (χ3v) is 4.09. The van der Waals surface area contributed by atoms with Crippen molar-refractivity contribution < 1.29 is 4.39 Å². The number of halogens is 1. The maximum atomic E-state index is 13.2. The van der Waals surface area contributed by atoms with Crippen LogP contribution in [0.5, 0.6) is 0 Å². The molecule has 0 atom stereocenters. The number of para-hydroxylation sites is 2. The number of hydrogen-bond acceptors (Lipinski definition) is 1. The zero-order valence-electron chi connectivity index (χ0n) is 12.8. The summed E-state index contributed by atoms with van der Waals surface area (Å²) in [5.74, 6) is -0.291. The van der Waals surface area contributed by atoms with E-state index in [1.165, 1.54) is 12.1 Å². The Bertz CT molecular complexity index is 1070. The molecule has 0 saturated heterocycles. The minimum Gasteiger partial charge on any atom is -0.277 e. The first-order chi connectivity index (χ1) is 11.7. The van der Waals surface area contributed by atoms with Gasteiger partial charge >= 0.3 is 0 Å². The molecule has 116 valence electrons. The van der Waals surface area contributed by atoms with Gasteiger partial charge < -0.3 is 0 Å². The smallest absolute Gasteiger partial charge is 0.256 e. The second kappa shape index (κ2) is 5.78. The summed E-state index contributed by atoms with van der Waals surface area (Å²) in [7, 11) is 0. The van der Waals surface area contributed by atoms with E-state index >= 15 is 0 Å². The summed E-state index contributed by atoms with van der Waals surface area (Å²) < 4.78 is 14.9. The lowest BCUT2D eigenvalue weighted by Gasteiger charge is -2.13. The average molecular weight is 315 g/mol. The van der Waals surface area contributed by atoms with Crippen LogP contribution in [0.3, 0.4) is 0 Å². The van der Waals surface area contributed by atoms with Crippen LogP contribution in [-0.2, 0) is 0 Å². The van der Waals surface area contributed by atoms with Crippen molar-refractivity contribution in [2.75, 3.05) is 0 Å². The Morgan fingerprint density at radius 3 is 2.17 bits per heavy atom. The van der Waals surface area contributed by atoms with Crippen molar-refractivity contribution in [3.8, 4) is 16.8 Å². The van der Waals surface area contributed by atoms with Gasteiger partial charge in [0.25, 0.3) is 5.56 Å². The molecule has 0 saturated carbocycles. The Morgan fingerprint density at radius 2 is 1.42 bits per heavy atom. The molecule has 1 heterocycles. The first-order valence-electron chi connectivity index (χ1n) is 7.70. The lowest BCUT2D eigenvalue weighted by Crippen LogP contribution is -2.18. The van der Waals surface area contributed by atoms with Gasteiger partial charge in [0, 0.05) is 17.1 Å². The summed E-state index contributed by atoms with van der Waals surface area (Å²) in [5, 5.41) is 0.951. The molecule has 3 aromatic carbocycles. The molecule has 0 amide bonds. The average Bonchev–Trinajstić information content (AvgIpc) is 2.62. The highest BCUT2D eigenvalue weighted by atomic mass is 19.1. The fourth-order valence-electron chi connectivity index (χ4n) is 2.99. The Balaban J connectivity index is 2.06. The van der Waals surface area contributed by atoms with Crippen LogP contribution in [0.25, 0.3) is 27.7 Å². The van der Waals surface area contributed by atoms with Crippen LogP contribution in [-0.4, -0.2) is 4.57 Å². The van der Waals surface area contributed by atoms with E-state index in [0.29, 0.717) is 0 Å². The standard InChI is InChI=1S/C21H14FNO/c22-16-12-10-15(11-13-16)19-14-21(24)23(17-6-2-1-3-7-17)20-9-5-4-8-18(19)20/h1-14H. The van der Waals surface area contributed by atoms with Gasteiger partial charge in [-0.1, -0.05) is 48.5 Å². The van der Waals surface area contributed by atoms with Gasteiger partial charge in [-0.2, -0.15) is 0 Å². The summed E-state index contributed by atoms with van der Waals surface area (Å²) in [6.07, 6.45) is 0.